The number of aliphatic hydroxyl groups is 1. The highest BCUT2D eigenvalue weighted by molar-refractivity contribution is 7.91. The lowest BCUT2D eigenvalue weighted by Crippen LogP contribution is -2.08. The minimum Gasteiger partial charge on any atom is -0.417 e. The highest BCUT2D eigenvalue weighted by Gasteiger charge is 2.24. The van der Waals surface area contributed by atoms with Gasteiger partial charge >= 0.3 is 0 Å². The van der Waals surface area contributed by atoms with Gasteiger partial charge in [-0.15, -0.1) is 10.2 Å². The first-order valence-corrected chi connectivity index (χ1v) is 9.36. The van der Waals surface area contributed by atoms with Gasteiger partial charge in [-0.05, 0) is 23.6 Å². The number of hydrogen-bond acceptors (Lipinski definition) is 8. The largest absolute Gasteiger partial charge is 0.417 e. The van der Waals surface area contributed by atoms with Gasteiger partial charge in [-0.3, -0.25) is 0 Å². The average molecular weight is 374 g/mol. The van der Waals surface area contributed by atoms with Crippen molar-refractivity contribution in [2.24, 2.45) is 0 Å². The van der Waals surface area contributed by atoms with E-state index in [1.165, 1.54) is 12.3 Å². The Labute approximate surface area is 150 Å². The molecule has 0 unspecified atom stereocenters. The SMILES string of the molecule is CC(C)c1ccccc1S(=O)(=O)c1cnc(-c2nnc(CO)o2)c(N)c1. The summed E-state index contributed by atoms with van der Waals surface area (Å²) in [7, 11) is -3.78. The van der Waals surface area contributed by atoms with Gasteiger partial charge in [-0.2, -0.15) is 0 Å². The fourth-order valence-corrected chi connectivity index (χ4v) is 4.13. The number of anilines is 1. The van der Waals surface area contributed by atoms with Crippen molar-refractivity contribution in [1.82, 2.24) is 15.2 Å². The Morgan fingerprint density at radius 2 is 1.96 bits per heavy atom. The van der Waals surface area contributed by atoms with Gasteiger partial charge in [0, 0.05) is 6.20 Å². The van der Waals surface area contributed by atoms with E-state index in [-0.39, 0.29) is 38.9 Å². The highest BCUT2D eigenvalue weighted by Crippen LogP contribution is 2.31. The molecule has 2 heterocycles. The van der Waals surface area contributed by atoms with Crippen molar-refractivity contribution in [2.75, 3.05) is 5.73 Å². The van der Waals surface area contributed by atoms with Crippen molar-refractivity contribution in [1.29, 1.82) is 0 Å². The van der Waals surface area contributed by atoms with Crippen LogP contribution in [0.15, 0.2) is 50.7 Å². The van der Waals surface area contributed by atoms with Gasteiger partial charge in [0.05, 0.1) is 15.5 Å². The fourth-order valence-electron chi connectivity index (χ4n) is 2.53. The average Bonchev–Trinajstić information content (AvgIpc) is 3.10. The molecular weight excluding hydrogens is 356 g/mol. The second-order valence-corrected chi connectivity index (χ2v) is 7.88. The first kappa shape index (κ1) is 18.0. The van der Waals surface area contributed by atoms with Gasteiger partial charge in [0.1, 0.15) is 6.61 Å². The van der Waals surface area contributed by atoms with Crippen LogP contribution >= 0.6 is 0 Å². The smallest absolute Gasteiger partial charge is 0.268 e. The number of pyridine rings is 1. The van der Waals surface area contributed by atoms with Crippen LogP contribution in [0, 0.1) is 0 Å². The lowest BCUT2D eigenvalue weighted by atomic mass is 10.0. The lowest BCUT2D eigenvalue weighted by molar-refractivity contribution is 0.241. The molecule has 0 aliphatic heterocycles. The Kier molecular flexibility index (Phi) is 4.75. The molecule has 0 saturated heterocycles. The quantitative estimate of drug-likeness (QED) is 0.694. The molecular formula is C17H18N4O4S. The molecule has 0 saturated carbocycles. The van der Waals surface area contributed by atoms with Gasteiger partial charge in [-0.25, -0.2) is 13.4 Å². The van der Waals surface area contributed by atoms with Crippen LogP contribution in [0.3, 0.4) is 0 Å². The summed E-state index contributed by atoms with van der Waals surface area (Å²) in [6, 6.07) is 8.16. The molecule has 0 atom stereocenters. The van der Waals surface area contributed by atoms with Crippen LogP contribution in [0.1, 0.15) is 31.2 Å². The number of nitrogens with two attached hydrogens (primary N) is 1. The monoisotopic (exact) mass is 374 g/mol. The number of nitrogen functional groups attached to an aromatic ring is 1. The summed E-state index contributed by atoms with van der Waals surface area (Å²) in [5.74, 6) is 0.0719. The molecule has 3 aromatic rings. The Balaban J connectivity index is 2.06. The van der Waals surface area contributed by atoms with Gasteiger partial charge in [0.15, 0.2) is 5.69 Å². The predicted octanol–water partition coefficient (Wildman–Crippen LogP) is 2.16. The van der Waals surface area contributed by atoms with Crippen molar-refractivity contribution >= 4 is 15.5 Å². The standard InChI is InChI=1S/C17H18N4O4S/c1-10(2)12-5-3-4-6-14(12)26(23,24)11-7-13(18)16(19-8-11)17-21-20-15(9-22)25-17/h3-8,10,22H,9,18H2,1-2H3. The van der Waals surface area contributed by atoms with Gasteiger partial charge < -0.3 is 15.3 Å². The summed E-state index contributed by atoms with van der Waals surface area (Å²) in [6.45, 7) is 3.45. The van der Waals surface area contributed by atoms with E-state index in [1.807, 2.05) is 13.8 Å². The first-order valence-electron chi connectivity index (χ1n) is 7.87. The number of nitrogens with zero attached hydrogens (tertiary/aromatic N) is 3. The topological polar surface area (TPSA) is 132 Å². The van der Waals surface area contributed by atoms with E-state index in [0.29, 0.717) is 0 Å². The van der Waals surface area contributed by atoms with Crippen LogP contribution in [-0.4, -0.2) is 28.7 Å². The molecule has 0 bridgehead atoms. The van der Waals surface area contributed by atoms with Crippen molar-refractivity contribution in [3.8, 4) is 11.6 Å². The molecule has 0 spiro atoms. The van der Waals surface area contributed by atoms with E-state index < -0.39 is 16.4 Å². The van der Waals surface area contributed by atoms with Gasteiger partial charge in [0.2, 0.25) is 15.7 Å². The van der Waals surface area contributed by atoms with Crippen molar-refractivity contribution in [3.63, 3.8) is 0 Å². The van der Waals surface area contributed by atoms with E-state index >= 15 is 0 Å². The number of hydrogen-bond donors (Lipinski definition) is 2. The number of benzene rings is 1. The van der Waals surface area contributed by atoms with E-state index in [1.54, 1.807) is 24.3 Å². The molecule has 9 heteroatoms. The maximum Gasteiger partial charge on any atom is 0.268 e. The summed E-state index contributed by atoms with van der Waals surface area (Å²) in [4.78, 5) is 4.29. The molecule has 3 rings (SSSR count). The van der Waals surface area contributed by atoms with Crippen molar-refractivity contribution < 1.29 is 17.9 Å². The second kappa shape index (κ2) is 6.85. The molecule has 0 aliphatic carbocycles. The summed E-state index contributed by atoms with van der Waals surface area (Å²) >= 11 is 0. The van der Waals surface area contributed by atoms with Gasteiger partial charge in [-0.1, -0.05) is 32.0 Å². The summed E-state index contributed by atoms with van der Waals surface area (Å²) in [5.41, 5.74) is 6.93. The third kappa shape index (κ3) is 3.18. The lowest BCUT2D eigenvalue weighted by Gasteiger charge is -2.13. The fraction of sp³-hybridized carbons (Fsp3) is 0.235. The zero-order chi connectivity index (χ0) is 18.9. The van der Waals surface area contributed by atoms with E-state index in [0.717, 1.165) is 5.56 Å². The number of aromatic nitrogens is 3. The third-order valence-electron chi connectivity index (χ3n) is 3.84. The summed E-state index contributed by atoms with van der Waals surface area (Å²) < 4.78 is 31.3. The first-order chi connectivity index (χ1) is 12.3. The zero-order valence-corrected chi connectivity index (χ0v) is 15.1. The Morgan fingerprint density at radius 3 is 2.58 bits per heavy atom. The van der Waals surface area contributed by atoms with Crippen LogP contribution in [0.2, 0.25) is 0 Å². The maximum atomic E-state index is 13.0. The van der Waals surface area contributed by atoms with Crippen molar-refractivity contribution in [3.05, 3.63) is 48.0 Å². The van der Waals surface area contributed by atoms with E-state index in [9.17, 15) is 8.42 Å². The van der Waals surface area contributed by atoms with Crippen molar-refractivity contribution in [2.45, 2.75) is 36.2 Å². The maximum absolute atomic E-state index is 13.0. The molecule has 26 heavy (non-hydrogen) atoms. The normalized spacial score (nSPS) is 11.8. The van der Waals surface area contributed by atoms with Crippen LogP contribution in [0.25, 0.3) is 11.6 Å². The van der Waals surface area contributed by atoms with Gasteiger partial charge in [0.25, 0.3) is 5.89 Å². The molecule has 0 amide bonds. The molecule has 0 radical (unpaired) electrons. The number of sulfone groups is 1. The molecule has 136 valence electrons. The molecule has 0 fully saturated rings. The number of rotatable bonds is 5. The van der Waals surface area contributed by atoms with Crippen LogP contribution < -0.4 is 5.73 Å². The van der Waals surface area contributed by atoms with Crippen LogP contribution in [0.4, 0.5) is 5.69 Å². The Morgan fingerprint density at radius 1 is 1.23 bits per heavy atom. The highest BCUT2D eigenvalue weighted by atomic mass is 32.2. The molecule has 0 aliphatic rings. The molecule has 8 nitrogen and oxygen atoms in total. The summed E-state index contributed by atoms with van der Waals surface area (Å²) in [5, 5.41) is 16.3. The second-order valence-electron chi connectivity index (χ2n) is 5.96. The number of aliphatic hydroxyl groups excluding tert-OH is 1. The van der Waals surface area contributed by atoms with Crippen LogP contribution in [-0.2, 0) is 16.4 Å². The van der Waals surface area contributed by atoms with E-state index in [4.69, 9.17) is 15.3 Å². The predicted molar refractivity (Wildman–Crippen MR) is 93.8 cm³/mol. The van der Waals surface area contributed by atoms with E-state index in [2.05, 4.69) is 15.2 Å². The molecule has 1 aromatic carbocycles. The minimum absolute atomic E-state index is 0.0121. The molecule has 3 N–H and O–H groups in total. The molecule has 2 aromatic heterocycles. The third-order valence-corrected chi connectivity index (χ3v) is 5.63. The minimum atomic E-state index is -3.78. The van der Waals surface area contributed by atoms with Crippen LogP contribution in [0.5, 0.6) is 0 Å². The Hall–Kier alpha value is -2.78. The Bertz CT molecular complexity index is 1040. The zero-order valence-electron chi connectivity index (χ0n) is 14.2. The summed E-state index contributed by atoms with van der Waals surface area (Å²) in [6.07, 6.45) is 1.21.